The maximum Gasteiger partial charge on any atom is 0.214 e. The van der Waals surface area contributed by atoms with Gasteiger partial charge in [0.15, 0.2) is 0 Å². The number of fused-ring (bicyclic) bond motifs is 3. The van der Waals surface area contributed by atoms with Crippen LogP contribution in [0, 0.1) is 6.92 Å². The highest BCUT2D eigenvalue weighted by atomic mass is 16.5. The van der Waals surface area contributed by atoms with E-state index < -0.39 is 0 Å². The molecule has 1 aromatic carbocycles. The van der Waals surface area contributed by atoms with Crippen molar-refractivity contribution in [1.29, 1.82) is 0 Å². The van der Waals surface area contributed by atoms with Crippen LogP contribution in [-0.4, -0.2) is 29.2 Å². The van der Waals surface area contributed by atoms with Crippen LogP contribution in [0.2, 0.25) is 0 Å². The quantitative estimate of drug-likeness (QED) is 0.617. The Kier molecular flexibility index (Phi) is 3.34. The van der Waals surface area contributed by atoms with Crippen LogP contribution in [0.4, 0.5) is 0 Å². The number of rotatable bonds is 3. The summed E-state index contributed by atoms with van der Waals surface area (Å²) < 4.78 is 10.4. The van der Waals surface area contributed by atoms with Gasteiger partial charge in [0, 0.05) is 17.0 Å². The largest absolute Gasteiger partial charge is 0.497 e. The molecule has 120 valence electrons. The molecule has 1 N–H and O–H groups in total. The standard InChI is InChI=1S/C19H17N3O2/c1-11-10-15(12-4-6-13(23-2)7-5-12)20-18-14-8-9-16(24-3)21-19(14)22-17(11)18/h4-10H,1-3H3,(H,21,22). The maximum atomic E-state index is 5.22. The third-order valence-electron chi connectivity index (χ3n) is 4.18. The molecule has 4 aromatic rings. The molecule has 0 bridgehead atoms. The first-order valence-corrected chi connectivity index (χ1v) is 7.68. The van der Waals surface area contributed by atoms with E-state index >= 15 is 0 Å². The number of hydrogen-bond donors (Lipinski definition) is 1. The Bertz CT molecular complexity index is 1040. The van der Waals surface area contributed by atoms with Gasteiger partial charge >= 0.3 is 0 Å². The van der Waals surface area contributed by atoms with E-state index in [1.807, 2.05) is 36.4 Å². The average Bonchev–Trinajstić information content (AvgIpc) is 3.00. The van der Waals surface area contributed by atoms with Gasteiger partial charge in [0.2, 0.25) is 5.88 Å². The van der Waals surface area contributed by atoms with Gasteiger partial charge in [-0.1, -0.05) is 0 Å². The Morgan fingerprint density at radius 3 is 2.42 bits per heavy atom. The molecule has 0 amide bonds. The number of nitrogens with zero attached hydrogens (tertiary/aromatic N) is 2. The van der Waals surface area contributed by atoms with Crippen molar-refractivity contribution in [3.8, 4) is 22.9 Å². The summed E-state index contributed by atoms with van der Waals surface area (Å²) in [6.07, 6.45) is 0. The molecule has 3 heterocycles. The van der Waals surface area contributed by atoms with E-state index in [0.29, 0.717) is 5.88 Å². The minimum atomic E-state index is 0.585. The lowest BCUT2D eigenvalue weighted by Gasteiger charge is -2.05. The molecule has 0 atom stereocenters. The van der Waals surface area contributed by atoms with E-state index in [1.165, 1.54) is 0 Å². The molecule has 0 saturated carbocycles. The van der Waals surface area contributed by atoms with Crippen molar-refractivity contribution in [2.45, 2.75) is 6.92 Å². The van der Waals surface area contributed by atoms with Crippen LogP contribution in [0.5, 0.6) is 11.6 Å². The monoisotopic (exact) mass is 319 g/mol. The second-order valence-electron chi connectivity index (χ2n) is 5.65. The van der Waals surface area contributed by atoms with Crippen LogP contribution in [0.3, 0.4) is 0 Å². The summed E-state index contributed by atoms with van der Waals surface area (Å²) in [6.45, 7) is 2.07. The minimum absolute atomic E-state index is 0.585. The highest BCUT2D eigenvalue weighted by Crippen LogP contribution is 2.30. The summed E-state index contributed by atoms with van der Waals surface area (Å²) >= 11 is 0. The van der Waals surface area contributed by atoms with Crippen molar-refractivity contribution in [2.24, 2.45) is 0 Å². The summed E-state index contributed by atoms with van der Waals surface area (Å²) in [5.74, 6) is 1.42. The van der Waals surface area contributed by atoms with Crippen molar-refractivity contribution >= 4 is 22.1 Å². The number of H-pyrrole nitrogens is 1. The molecule has 0 unspecified atom stereocenters. The fraction of sp³-hybridized carbons (Fsp3) is 0.158. The van der Waals surface area contributed by atoms with Crippen molar-refractivity contribution < 1.29 is 9.47 Å². The van der Waals surface area contributed by atoms with Crippen LogP contribution < -0.4 is 9.47 Å². The Labute approximate surface area is 139 Å². The van der Waals surface area contributed by atoms with Gasteiger partial charge in [-0.15, -0.1) is 0 Å². The van der Waals surface area contributed by atoms with E-state index in [0.717, 1.165) is 44.6 Å². The summed E-state index contributed by atoms with van der Waals surface area (Å²) in [4.78, 5) is 12.7. The first-order valence-electron chi connectivity index (χ1n) is 7.68. The first kappa shape index (κ1) is 14.5. The van der Waals surface area contributed by atoms with Gasteiger partial charge in [-0.05, 0) is 48.9 Å². The number of aromatic nitrogens is 3. The SMILES string of the molecule is COc1ccc(-c2cc(C)c3[nH]c4nc(OC)ccc4c3n2)cc1. The zero-order chi connectivity index (χ0) is 16.7. The number of aromatic amines is 1. The molecule has 0 saturated heterocycles. The van der Waals surface area contributed by atoms with Crippen LogP contribution in [0.15, 0.2) is 42.5 Å². The van der Waals surface area contributed by atoms with E-state index in [2.05, 4.69) is 23.0 Å². The summed E-state index contributed by atoms with van der Waals surface area (Å²) in [6, 6.07) is 13.8. The molecule has 5 nitrogen and oxygen atoms in total. The van der Waals surface area contributed by atoms with E-state index in [4.69, 9.17) is 14.5 Å². The first-order chi connectivity index (χ1) is 11.7. The van der Waals surface area contributed by atoms with E-state index in [9.17, 15) is 0 Å². The van der Waals surface area contributed by atoms with E-state index in [-0.39, 0.29) is 0 Å². The molecular weight excluding hydrogens is 302 g/mol. The summed E-state index contributed by atoms with van der Waals surface area (Å²) in [5, 5.41) is 0.990. The van der Waals surface area contributed by atoms with Gasteiger partial charge in [-0.2, -0.15) is 4.98 Å². The van der Waals surface area contributed by atoms with E-state index in [1.54, 1.807) is 14.2 Å². The maximum absolute atomic E-state index is 5.22. The number of ether oxygens (including phenoxy) is 2. The highest BCUT2D eigenvalue weighted by Gasteiger charge is 2.12. The lowest BCUT2D eigenvalue weighted by atomic mass is 10.1. The lowest BCUT2D eigenvalue weighted by Crippen LogP contribution is -1.88. The predicted octanol–water partition coefficient (Wildman–Crippen LogP) is 4.10. The van der Waals surface area contributed by atoms with Crippen molar-refractivity contribution in [1.82, 2.24) is 15.0 Å². The zero-order valence-corrected chi connectivity index (χ0v) is 13.8. The van der Waals surface area contributed by atoms with Gasteiger partial charge in [-0.3, -0.25) is 0 Å². The smallest absolute Gasteiger partial charge is 0.214 e. The van der Waals surface area contributed by atoms with Crippen molar-refractivity contribution in [3.63, 3.8) is 0 Å². The number of aryl methyl sites for hydroxylation is 1. The Morgan fingerprint density at radius 2 is 1.71 bits per heavy atom. The Hall–Kier alpha value is -3.08. The molecule has 0 aliphatic carbocycles. The molecule has 3 aromatic heterocycles. The van der Waals surface area contributed by atoms with Crippen LogP contribution >= 0.6 is 0 Å². The minimum Gasteiger partial charge on any atom is -0.497 e. The normalized spacial score (nSPS) is 11.1. The Morgan fingerprint density at radius 1 is 0.917 bits per heavy atom. The van der Waals surface area contributed by atoms with Gasteiger partial charge in [-0.25, -0.2) is 4.98 Å². The van der Waals surface area contributed by atoms with Gasteiger partial charge < -0.3 is 14.5 Å². The van der Waals surface area contributed by atoms with Gasteiger partial charge in [0.25, 0.3) is 0 Å². The fourth-order valence-electron chi connectivity index (χ4n) is 2.89. The third-order valence-corrected chi connectivity index (χ3v) is 4.18. The average molecular weight is 319 g/mol. The second kappa shape index (κ2) is 5.53. The molecular formula is C19H17N3O2. The zero-order valence-electron chi connectivity index (χ0n) is 13.8. The molecule has 0 fully saturated rings. The molecule has 0 radical (unpaired) electrons. The van der Waals surface area contributed by atoms with Crippen LogP contribution in [0.25, 0.3) is 33.3 Å². The molecule has 5 heteroatoms. The topological polar surface area (TPSA) is 60.0 Å². The molecule has 0 aliphatic rings. The number of hydrogen-bond acceptors (Lipinski definition) is 4. The predicted molar refractivity (Wildman–Crippen MR) is 94.7 cm³/mol. The molecule has 0 aliphatic heterocycles. The molecule has 24 heavy (non-hydrogen) atoms. The fourth-order valence-corrected chi connectivity index (χ4v) is 2.89. The van der Waals surface area contributed by atoms with Crippen molar-refractivity contribution in [3.05, 3.63) is 48.0 Å². The third kappa shape index (κ3) is 2.25. The lowest BCUT2D eigenvalue weighted by molar-refractivity contribution is 0.399. The van der Waals surface area contributed by atoms with Crippen LogP contribution in [-0.2, 0) is 0 Å². The summed E-state index contributed by atoms with van der Waals surface area (Å²) in [7, 11) is 3.28. The highest BCUT2D eigenvalue weighted by molar-refractivity contribution is 6.05. The molecule has 0 spiro atoms. The van der Waals surface area contributed by atoms with Gasteiger partial charge in [0.1, 0.15) is 11.4 Å². The number of benzene rings is 1. The van der Waals surface area contributed by atoms with Crippen LogP contribution in [0.1, 0.15) is 5.56 Å². The second-order valence-corrected chi connectivity index (χ2v) is 5.65. The van der Waals surface area contributed by atoms with Crippen molar-refractivity contribution in [2.75, 3.05) is 14.2 Å². The Balaban J connectivity index is 1.93. The number of methoxy groups -OCH3 is 2. The summed E-state index contributed by atoms with van der Waals surface area (Å²) in [5.41, 5.74) is 5.82. The molecule has 4 rings (SSSR count). The van der Waals surface area contributed by atoms with Gasteiger partial charge in [0.05, 0.1) is 30.9 Å². The number of pyridine rings is 2. The number of nitrogens with one attached hydrogen (secondary N) is 1.